The molecule has 0 bridgehead atoms. The third-order valence-electron chi connectivity index (χ3n) is 9.03. The van der Waals surface area contributed by atoms with E-state index in [1.807, 2.05) is 6.08 Å². The monoisotopic (exact) mass is 346 g/mol. The van der Waals surface area contributed by atoms with Gasteiger partial charge in [0.1, 0.15) is 0 Å². The third-order valence-corrected chi connectivity index (χ3v) is 9.03. The molecule has 3 nitrogen and oxygen atoms in total. The lowest BCUT2D eigenvalue weighted by atomic mass is 9.46. The van der Waals surface area contributed by atoms with E-state index in [0.717, 1.165) is 12.8 Å². The molecule has 4 aliphatic rings. The van der Waals surface area contributed by atoms with Gasteiger partial charge in [-0.1, -0.05) is 26.3 Å². The lowest BCUT2D eigenvalue weighted by Gasteiger charge is -2.59. The molecule has 3 fully saturated rings. The van der Waals surface area contributed by atoms with Gasteiger partial charge in [-0.3, -0.25) is 4.79 Å². The molecule has 3 saturated carbocycles. The Morgan fingerprint density at radius 3 is 2.68 bits per heavy atom. The van der Waals surface area contributed by atoms with E-state index in [9.17, 15) is 15.0 Å². The Balaban J connectivity index is 1.68. The second-order valence-corrected chi connectivity index (χ2v) is 10.0. The lowest BCUT2D eigenvalue weighted by molar-refractivity contribution is -0.125. The van der Waals surface area contributed by atoms with Gasteiger partial charge in [-0.2, -0.15) is 0 Å². The van der Waals surface area contributed by atoms with Crippen LogP contribution in [0.3, 0.4) is 0 Å². The molecule has 2 N–H and O–H groups in total. The summed E-state index contributed by atoms with van der Waals surface area (Å²) in [7, 11) is 0. The van der Waals surface area contributed by atoms with E-state index in [2.05, 4.69) is 20.8 Å². The van der Waals surface area contributed by atoms with Gasteiger partial charge in [-0.15, -0.1) is 0 Å². The van der Waals surface area contributed by atoms with Gasteiger partial charge in [0.25, 0.3) is 0 Å². The second-order valence-electron chi connectivity index (χ2n) is 10.0. The van der Waals surface area contributed by atoms with E-state index in [-0.39, 0.29) is 29.3 Å². The average molecular weight is 347 g/mol. The largest absolute Gasteiger partial charge is 0.396 e. The Morgan fingerprint density at radius 1 is 1.20 bits per heavy atom. The summed E-state index contributed by atoms with van der Waals surface area (Å²) in [6.07, 6.45) is 8.63. The van der Waals surface area contributed by atoms with Crippen LogP contribution in [0.25, 0.3) is 0 Å². The molecule has 0 saturated heterocycles. The molecule has 2 unspecified atom stereocenters. The molecule has 8 atom stereocenters. The number of fused-ring (bicyclic) bond motifs is 5. The molecule has 0 aromatic heterocycles. The molecule has 0 spiro atoms. The zero-order valence-electron chi connectivity index (χ0n) is 16.0. The van der Waals surface area contributed by atoms with Gasteiger partial charge in [0, 0.05) is 13.0 Å². The minimum Gasteiger partial charge on any atom is -0.396 e. The summed E-state index contributed by atoms with van der Waals surface area (Å²) >= 11 is 0. The minimum absolute atomic E-state index is 0.111. The van der Waals surface area contributed by atoms with E-state index in [0.29, 0.717) is 42.4 Å². The van der Waals surface area contributed by atoms with Crippen LogP contribution in [-0.4, -0.2) is 28.7 Å². The Hall–Kier alpha value is -0.670. The van der Waals surface area contributed by atoms with Gasteiger partial charge in [-0.25, -0.2) is 0 Å². The first-order valence-electron chi connectivity index (χ1n) is 10.3. The molecule has 0 radical (unpaired) electrons. The first kappa shape index (κ1) is 17.7. The molecule has 25 heavy (non-hydrogen) atoms. The van der Waals surface area contributed by atoms with Crippen molar-refractivity contribution in [1.29, 1.82) is 0 Å². The molecule has 4 rings (SSSR count). The van der Waals surface area contributed by atoms with Crippen molar-refractivity contribution in [2.75, 3.05) is 6.61 Å². The number of aliphatic hydroxyl groups excluding tert-OH is 2. The maximum absolute atomic E-state index is 11.9. The quantitative estimate of drug-likeness (QED) is 0.801. The van der Waals surface area contributed by atoms with Gasteiger partial charge < -0.3 is 10.2 Å². The number of ketones is 1. The van der Waals surface area contributed by atoms with Gasteiger partial charge in [0.05, 0.1) is 6.10 Å². The average Bonchev–Trinajstić information content (AvgIpc) is 2.93. The molecule has 0 aromatic carbocycles. The Kier molecular flexibility index (Phi) is 4.20. The Bertz CT molecular complexity index is 596. The van der Waals surface area contributed by atoms with Crippen LogP contribution in [0.5, 0.6) is 0 Å². The smallest absolute Gasteiger partial charge is 0.155 e. The highest BCUT2D eigenvalue weighted by Gasteiger charge is 2.61. The van der Waals surface area contributed by atoms with Crippen LogP contribution in [0.15, 0.2) is 11.6 Å². The summed E-state index contributed by atoms with van der Waals surface area (Å²) in [5, 5.41) is 20.8. The number of carbonyl (C=O) groups excluding carboxylic acids is 1. The molecule has 0 aliphatic heterocycles. The van der Waals surface area contributed by atoms with E-state index >= 15 is 0 Å². The van der Waals surface area contributed by atoms with E-state index < -0.39 is 0 Å². The topological polar surface area (TPSA) is 57.5 Å². The van der Waals surface area contributed by atoms with Crippen LogP contribution in [0, 0.1) is 40.4 Å². The van der Waals surface area contributed by atoms with Crippen LogP contribution in [-0.2, 0) is 4.79 Å². The normalized spacial score (nSPS) is 50.5. The second kappa shape index (κ2) is 5.92. The first-order chi connectivity index (χ1) is 11.8. The van der Waals surface area contributed by atoms with Crippen molar-refractivity contribution in [3.63, 3.8) is 0 Å². The molecule has 0 heterocycles. The highest BCUT2D eigenvalue weighted by Crippen LogP contribution is 2.67. The zero-order chi connectivity index (χ0) is 18.0. The SMILES string of the molecule is CC(CO)[C@H]1CC[C@H]2[C@@H]3C(O)CC4=CC(=O)CC[C@]4(C)[C@H]3CC[C@]12C. The zero-order valence-corrected chi connectivity index (χ0v) is 16.0. The predicted molar refractivity (Wildman–Crippen MR) is 97.8 cm³/mol. The highest BCUT2D eigenvalue weighted by molar-refractivity contribution is 5.91. The highest BCUT2D eigenvalue weighted by atomic mass is 16.3. The van der Waals surface area contributed by atoms with Crippen LogP contribution >= 0.6 is 0 Å². The van der Waals surface area contributed by atoms with Crippen LogP contribution in [0.2, 0.25) is 0 Å². The molecule has 0 aromatic rings. The minimum atomic E-state index is -0.303. The molecular formula is C22H34O3. The first-order valence-corrected chi connectivity index (χ1v) is 10.3. The number of carbonyl (C=O) groups is 1. The van der Waals surface area contributed by atoms with Crippen molar-refractivity contribution in [1.82, 2.24) is 0 Å². The van der Waals surface area contributed by atoms with Gasteiger partial charge in [0.2, 0.25) is 0 Å². The number of aliphatic hydroxyl groups is 2. The summed E-state index contributed by atoms with van der Waals surface area (Å²) in [6, 6.07) is 0. The maximum atomic E-state index is 11.9. The van der Waals surface area contributed by atoms with Gasteiger partial charge in [-0.05, 0) is 85.0 Å². The number of hydrogen-bond acceptors (Lipinski definition) is 3. The van der Waals surface area contributed by atoms with E-state index in [1.54, 1.807) is 0 Å². The maximum Gasteiger partial charge on any atom is 0.155 e. The van der Waals surface area contributed by atoms with Crippen molar-refractivity contribution in [3.05, 3.63) is 11.6 Å². The summed E-state index contributed by atoms with van der Waals surface area (Å²) in [5.41, 5.74) is 1.59. The summed E-state index contributed by atoms with van der Waals surface area (Å²) in [4.78, 5) is 11.9. The van der Waals surface area contributed by atoms with Crippen LogP contribution in [0.1, 0.15) is 65.7 Å². The van der Waals surface area contributed by atoms with Crippen LogP contribution < -0.4 is 0 Å². The van der Waals surface area contributed by atoms with Crippen molar-refractivity contribution in [3.8, 4) is 0 Å². The van der Waals surface area contributed by atoms with Crippen molar-refractivity contribution >= 4 is 5.78 Å². The Morgan fingerprint density at radius 2 is 1.96 bits per heavy atom. The van der Waals surface area contributed by atoms with Crippen molar-refractivity contribution < 1.29 is 15.0 Å². The lowest BCUT2D eigenvalue weighted by Crippen LogP contribution is -2.55. The number of hydrogen-bond donors (Lipinski definition) is 2. The molecule has 3 heteroatoms. The van der Waals surface area contributed by atoms with E-state index in [1.165, 1.54) is 24.8 Å². The Labute approximate surface area is 151 Å². The summed E-state index contributed by atoms with van der Waals surface area (Å²) in [5.74, 6) is 2.62. The molecular weight excluding hydrogens is 312 g/mol. The van der Waals surface area contributed by atoms with Gasteiger partial charge >= 0.3 is 0 Å². The number of rotatable bonds is 2. The fourth-order valence-electron chi connectivity index (χ4n) is 7.63. The van der Waals surface area contributed by atoms with Gasteiger partial charge in [0.15, 0.2) is 5.78 Å². The van der Waals surface area contributed by atoms with Crippen LogP contribution in [0.4, 0.5) is 0 Å². The third kappa shape index (κ3) is 2.41. The molecule has 0 amide bonds. The molecule has 140 valence electrons. The summed E-state index contributed by atoms with van der Waals surface area (Å²) < 4.78 is 0. The fraction of sp³-hybridized carbons (Fsp3) is 0.864. The fourth-order valence-corrected chi connectivity index (χ4v) is 7.63. The van der Waals surface area contributed by atoms with E-state index in [4.69, 9.17) is 0 Å². The summed E-state index contributed by atoms with van der Waals surface area (Å²) in [6.45, 7) is 7.26. The predicted octanol–water partition coefficient (Wildman–Crippen LogP) is 3.73. The van der Waals surface area contributed by atoms with Crippen molar-refractivity contribution in [2.24, 2.45) is 40.4 Å². The van der Waals surface area contributed by atoms with Crippen molar-refractivity contribution in [2.45, 2.75) is 71.8 Å². The molecule has 4 aliphatic carbocycles. The standard InChI is InChI=1S/C22H34O3/c1-13(12-23)16-4-5-17-20-18(7-9-22(16,17)3)21(2)8-6-15(24)10-14(21)11-19(20)25/h10,13,16-20,23,25H,4-9,11-12H2,1-3H3/t13?,16-,17+,18+,19?,20+,21+,22-/m1/s1.